The Labute approximate surface area is 172 Å². The van der Waals surface area contributed by atoms with Crippen molar-refractivity contribution < 1.29 is 9.53 Å². The summed E-state index contributed by atoms with van der Waals surface area (Å²) in [5, 5.41) is 0. The summed E-state index contributed by atoms with van der Waals surface area (Å²) in [6.07, 6.45) is 7.39. The number of amides is 1. The lowest BCUT2D eigenvalue weighted by atomic mass is 10.1. The SMILES string of the molecule is Cc1cc(C(=O)N(Cc2ccccn2)C[C@H]2CCCO2)nc(N2CCCCC2)n1. The first-order valence-corrected chi connectivity index (χ1v) is 10.6. The average Bonchev–Trinajstić information content (AvgIpc) is 3.27. The lowest BCUT2D eigenvalue weighted by Gasteiger charge is -2.28. The van der Waals surface area contributed by atoms with Crippen LogP contribution in [-0.4, -0.2) is 58.1 Å². The summed E-state index contributed by atoms with van der Waals surface area (Å²) in [6.45, 7) is 5.59. The molecule has 4 heterocycles. The molecule has 2 aliphatic heterocycles. The van der Waals surface area contributed by atoms with Gasteiger partial charge in [-0.15, -0.1) is 0 Å². The van der Waals surface area contributed by atoms with Crippen LogP contribution in [0.3, 0.4) is 0 Å². The number of hydrogen-bond donors (Lipinski definition) is 0. The van der Waals surface area contributed by atoms with Gasteiger partial charge in [0.25, 0.3) is 5.91 Å². The number of carbonyl (C=O) groups is 1. The third-order valence-electron chi connectivity index (χ3n) is 5.51. The third-order valence-corrected chi connectivity index (χ3v) is 5.51. The van der Waals surface area contributed by atoms with Crippen LogP contribution in [0.25, 0.3) is 0 Å². The molecule has 0 bridgehead atoms. The molecular formula is C22H29N5O2. The van der Waals surface area contributed by atoms with Crippen LogP contribution in [-0.2, 0) is 11.3 Å². The number of piperidine rings is 1. The van der Waals surface area contributed by atoms with Gasteiger partial charge in [-0.3, -0.25) is 9.78 Å². The van der Waals surface area contributed by atoms with Crippen molar-refractivity contribution in [3.05, 3.63) is 47.5 Å². The zero-order valence-electron chi connectivity index (χ0n) is 17.1. The molecule has 2 fully saturated rings. The van der Waals surface area contributed by atoms with E-state index in [1.165, 1.54) is 6.42 Å². The average molecular weight is 396 g/mol. The molecular weight excluding hydrogens is 366 g/mol. The summed E-state index contributed by atoms with van der Waals surface area (Å²) in [6, 6.07) is 7.56. The first-order chi connectivity index (χ1) is 14.2. The molecule has 0 unspecified atom stereocenters. The number of ether oxygens (including phenoxy) is 1. The fourth-order valence-electron chi connectivity index (χ4n) is 4.00. The highest BCUT2D eigenvalue weighted by atomic mass is 16.5. The molecule has 2 saturated heterocycles. The van der Waals surface area contributed by atoms with Gasteiger partial charge in [-0.05, 0) is 57.2 Å². The van der Waals surface area contributed by atoms with Crippen molar-refractivity contribution in [2.75, 3.05) is 31.1 Å². The maximum atomic E-state index is 13.5. The van der Waals surface area contributed by atoms with Gasteiger partial charge in [-0.25, -0.2) is 9.97 Å². The highest BCUT2D eigenvalue weighted by Gasteiger charge is 2.26. The van der Waals surface area contributed by atoms with Crippen LogP contribution in [0.2, 0.25) is 0 Å². The normalized spacial score (nSPS) is 19.3. The summed E-state index contributed by atoms with van der Waals surface area (Å²) in [4.78, 5) is 31.1. The van der Waals surface area contributed by atoms with Gasteiger partial charge in [0.1, 0.15) is 5.69 Å². The van der Waals surface area contributed by atoms with Gasteiger partial charge in [0.2, 0.25) is 5.95 Å². The number of anilines is 1. The Bertz CT molecular complexity index is 817. The Morgan fingerprint density at radius 3 is 2.79 bits per heavy atom. The van der Waals surface area contributed by atoms with E-state index in [9.17, 15) is 4.79 Å². The van der Waals surface area contributed by atoms with Crippen molar-refractivity contribution in [2.45, 2.75) is 51.7 Å². The van der Waals surface area contributed by atoms with Crippen molar-refractivity contribution in [1.29, 1.82) is 0 Å². The van der Waals surface area contributed by atoms with Crippen molar-refractivity contribution in [3.63, 3.8) is 0 Å². The van der Waals surface area contributed by atoms with Crippen molar-refractivity contribution >= 4 is 11.9 Å². The maximum absolute atomic E-state index is 13.5. The van der Waals surface area contributed by atoms with Crippen LogP contribution in [0.5, 0.6) is 0 Å². The number of pyridine rings is 1. The minimum Gasteiger partial charge on any atom is -0.376 e. The molecule has 2 aromatic heterocycles. The number of aromatic nitrogens is 3. The maximum Gasteiger partial charge on any atom is 0.273 e. The molecule has 0 aliphatic carbocycles. The highest BCUT2D eigenvalue weighted by molar-refractivity contribution is 5.92. The smallest absolute Gasteiger partial charge is 0.273 e. The minimum atomic E-state index is -0.0880. The second-order valence-electron chi connectivity index (χ2n) is 7.88. The van der Waals surface area contributed by atoms with Crippen LogP contribution in [0, 0.1) is 6.92 Å². The molecule has 7 nitrogen and oxygen atoms in total. The minimum absolute atomic E-state index is 0.0761. The van der Waals surface area contributed by atoms with Gasteiger partial charge in [0.05, 0.1) is 18.3 Å². The number of aryl methyl sites for hydroxylation is 1. The van der Waals surface area contributed by atoms with Gasteiger partial charge < -0.3 is 14.5 Å². The third kappa shape index (κ3) is 5.09. The van der Waals surface area contributed by atoms with Gasteiger partial charge in [0.15, 0.2) is 0 Å². The molecule has 4 rings (SSSR count). The first kappa shape index (κ1) is 19.8. The van der Waals surface area contributed by atoms with Crippen LogP contribution >= 0.6 is 0 Å². The predicted molar refractivity (Wildman–Crippen MR) is 111 cm³/mol. The van der Waals surface area contributed by atoms with Crippen molar-refractivity contribution in [3.8, 4) is 0 Å². The Morgan fingerprint density at radius 1 is 1.21 bits per heavy atom. The topological polar surface area (TPSA) is 71.5 Å². The fourth-order valence-corrected chi connectivity index (χ4v) is 4.00. The quantitative estimate of drug-likeness (QED) is 0.749. The Balaban J connectivity index is 1.57. The Kier molecular flexibility index (Phi) is 6.34. The number of rotatable bonds is 6. The van der Waals surface area contributed by atoms with Gasteiger partial charge >= 0.3 is 0 Å². The van der Waals surface area contributed by atoms with E-state index in [0.29, 0.717) is 24.7 Å². The summed E-state index contributed by atoms with van der Waals surface area (Å²) < 4.78 is 5.79. The summed E-state index contributed by atoms with van der Waals surface area (Å²) in [5.41, 5.74) is 2.13. The standard InChI is InChI=1S/C22H29N5O2/c1-17-14-20(25-22(24-17)26-11-5-2-6-12-26)21(28)27(16-19-9-7-13-29-19)15-18-8-3-4-10-23-18/h3-4,8,10,14,19H,2,5-7,9,11-13,15-16H2,1H3/t19-/m1/s1. The van der Waals surface area contributed by atoms with E-state index >= 15 is 0 Å². The van der Waals surface area contributed by atoms with Crippen molar-refractivity contribution in [2.24, 2.45) is 0 Å². The zero-order chi connectivity index (χ0) is 20.1. The second-order valence-corrected chi connectivity index (χ2v) is 7.88. The summed E-state index contributed by atoms with van der Waals surface area (Å²) >= 11 is 0. The van der Waals surface area contributed by atoms with E-state index in [1.807, 2.05) is 30.0 Å². The Morgan fingerprint density at radius 2 is 2.07 bits per heavy atom. The number of carbonyl (C=O) groups excluding carboxylic acids is 1. The lowest BCUT2D eigenvalue weighted by molar-refractivity contribution is 0.0500. The molecule has 154 valence electrons. The Hall–Kier alpha value is -2.54. The number of nitrogens with zero attached hydrogens (tertiary/aromatic N) is 5. The van der Waals surface area contributed by atoms with Crippen LogP contribution < -0.4 is 4.90 Å². The largest absolute Gasteiger partial charge is 0.376 e. The lowest BCUT2D eigenvalue weighted by Crippen LogP contribution is -2.38. The van der Waals surface area contributed by atoms with E-state index < -0.39 is 0 Å². The molecule has 0 aromatic carbocycles. The molecule has 0 saturated carbocycles. The van der Waals surface area contributed by atoms with Crippen LogP contribution in [0.1, 0.15) is 54.0 Å². The molecule has 29 heavy (non-hydrogen) atoms. The summed E-state index contributed by atoms with van der Waals surface area (Å²) in [5.74, 6) is 0.581. The molecule has 2 aromatic rings. The van der Waals surface area contributed by atoms with E-state index in [1.54, 1.807) is 12.3 Å². The van der Waals surface area contributed by atoms with Crippen LogP contribution in [0.4, 0.5) is 5.95 Å². The zero-order valence-corrected chi connectivity index (χ0v) is 17.1. The van der Waals surface area contributed by atoms with E-state index in [0.717, 1.165) is 56.8 Å². The first-order valence-electron chi connectivity index (χ1n) is 10.6. The fraction of sp³-hybridized carbons (Fsp3) is 0.545. The molecule has 0 radical (unpaired) electrons. The molecule has 7 heteroatoms. The van der Waals surface area contributed by atoms with E-state index in [4.69, 9.17) is 4.74 Å². The highest BCUT2D eigenvalue weighted by Crippen LogP contribution is 2.20. The molecule has 1 atom stereocenters. The van der Waals surface area contributed by atoms with Crippen LogP contribution in [0.15, 0.2) is 30.5 Å². The van der Waals surface area contributed by atoms with E-state index in [2.05, 4.69) is 19.9 Å². The van der Waals surface area contributed by atoms with Crippen molar-refractivity contribution in [1.82, 2.24) is 19.9 Å². The predicted octanol–water partition coefficient (Wildman–Crippen LogP) is 2.99. The monoisotopic (exact) mass is 395 g/mol. The second kappa shape index (κ2) is 9.31. The summed E-state index contributed by atoms with van der Waals surface area (Å²) in [7, 11) is 0. The molecule has 0 spiro atoms. The molecule has 1 amide bonds. The van der Waals surface area contributed by atoms with Gasteiger partial charge in [0, 0.05) is 38.1 Å². The number of hydrogen-bond acceptors (Lipinski definition) is 6. The molecule has 2 aliphatic rings. The van der Waals surface area contributed by atoms with Gasteiger partial charge in [-0.1, -0.05) is 6.07 Å². The molecule has 0 N–H and O–H groups in total. The van der Waals surface area contributed by atoms with E-state index in [-0.39, 0.29) is 12.0 Å². The van der Waals surface area contributed by atoms with Gasteiger partial charge in [-0.2, -0.15) is 0 Å².